The van der Waals surface area contributed by atoms with E-state index in [1.807, 2.05) is 31.2 Å². The van der Waals surface area contributed by atoms with Crippen molar-refractivity contribution in [1.82, 2.24) is 10.2 Å². The Balaban J connectivity index is 1.29. The van der Waals surface area contributed by atoms with Crippen LogP contribution in [0.2, 0.25) is 0 Å². The average molecular weight is 397 g/mol. The molecule has 1 aliphatic heterocycles. The lowest BCUT2D eigenvalue weighted by atomic mass is 10.1. The smallest absolute Gasteiger partial charge is 0.317 e. The fourth-order valence-electron chi connectivity index (χ4n) is 3.40. The van der Waals surface area contributed by atoms with Gasteiger partial charge in [-0.05, 0) is 47.9 Å². The molecule has 6 heteroatoms. The molecule has 0 fully saturated rings. The van der Waals surface area contributed by atoms with Gasteiger partial charge in [-0.2, -0.15) is 0 Å². The van der Waals surface area contributed by atoms with Gasteiger partial charge in [0.1, 0.15) is 6.61 Å². The third-order valence-corrected chi connectivity index (χ3v) is 5.90. The molecular formula is C22H24N2O3S. The van der Waals surface area contributed by atoms with Crippen LogP contribution in [-0.4, -0.2) is 43.3 Å². The van der Waals surface area contributed by atoms with Crippen LogP contribution in [-0.2, 0) is 6.42 Å². The highest BCUT2D eigenvalue weighted by Gasteiger charge is 2.24. The molecule has 1 aromatic heterocycles. The summed E-state index contributed by atoms with van der Waals surface area (Å²) in [6.45, 7) is 4.15. The summed E-state index contributed by atoms with van der Waals surface area (Å²) in [5.41, 5.74) is 1.28. The van der Waals surface area contributed by atoms with E-state index >= 15 is 0 Å². The van der Waals surface area contributed by atoms with E-state index in [1.165, 1.54) is 15.6 Å². The number of carbonyl (C=O) groups is 1. The summed E-state index contributed by atoms with van der Waals surface area (Å²) in [7, 11) is 0. The third-order valence-electron chi connectivity index (χ3n) is 4.89. The summed E-state index contributed by atoms with van der Waals surface area (Å²) in [5.74, 6) is 1.49. The van der Waals surface area contributed by atoms with Crippen LogP contribution in [0.1, 0.15) is 12.5 Å². The van der Waals surface area contributed by atoms with Crippen molar-refractivity contribution in [1.29, 1.82) is 0 Å². The zero-order valence-electron chi connectivity index (χ0n) is 15.9. The SMILES string of the molecule is CCN(CC1COc2ccccc2O1)C(=O)NCCc1csc2ccccc12. The molecule has 1 atom stereocenters. The molecule has 28 heavy (non-hydrogen) atoms. The molecule has 2 heterocycles. The highest BCUT2D eigenvalue weighted by atomic mass is 32.1. The van der Waals surface area contributed by atoms with Crippen molar-refractivity contribution in [2.75, 3.05) is 26.2 Å². The van der Waals surface area contributed by atoms with Crippen LogP contribution in [0.5, 0.6) is 11.5 Å². The van der Waals surface area contributed by atoms with Gasteiger partial charge in [0.25, 0.3) is 0 Å². The van der Waals surface area contributed by atoms with Crippen LogP contribution in [0.3, 0.4) is 0 Å². The highest BCUT2D eigenvalue weighted by molar-refractivity contribution is 7.17. The van der Waals surface area contributed by atoms with Gasteiger partial charge in [0.05, 0.1) is 6.54 Å². The number of nitrogens with one attached hydrogen (secondary N) is 1. The summed E-state index contributed by atoms with van der Waals surface area (Å²) in [4.78, 5) is 14.4. The Morgan fingerprint density at radius 1 is 1.18 bits per heavy atom. The van der Waals surface area contributed by atoms with Crippen LogP contribution in [0.25, 0.3) is 10.1 Å². The van der Waals surface area contributed by atoms with E-state index < -0.39 is 0 Å². The molecule has 0 bridgehead atoms. The maximum atomic E-state index is 12.6. The lowest BCUT2D eigenvalue weighted by Crippen LogP contribution is -2.47. The molecule has 0 aliphatic carbocycles. The minimum Gasteiger partial charge on any atom is -0.486 e. The number of benzene rings is 2. The van der Waals surface area contributed by atoms with Gasteiger partial charge in [-0.1, -0.05) is 30.3 Å². The van der Waals surface area contributed by atoms with E-state index in [1.54, 1.807) is 16.2 Å². The van der Waals surface area contributed by atoms with Crippen LogP contribution in [0.4, 0.5) is 4.79 Å². The Bertz CT molecular complexity index is 956. The Morgan fingerprint density at radius 3 is 2.82 bits per heavy atom. The van der Waals surface area contributed by atoms with Crippen molar-refractivity contribution in [2.24, 2.45) is 0 Å². The molecule has 3 aromatic rings. The molecule has 1 N–H and O–H groups in total. The molecule has 146 valence electrons. The zero-order valence-corrected chi connectivity index (χ0v) is 16.7. The predicted molar refractivity (Wildman–Crippen MR) is 113 cm³/mol. The number of rotatable bonds is 6. The minimum absolute atomic E-state index is 0.0653. The number of para-hydroxylation sites is 2. The van der Waals surface area contributed by atoms with Gasteiger partial charge in [0, 0.05) is 17.8 Å². The number of thiophene rings is 1. The number of carbonyl (C=O) groups excluding carboxylic acids is 1. The van der Waals surface area contributed by atoms with Crippen LogP contribution in [0, 0.1) is 0 Å². The Labute approximate surface area is 168 Å². The quantitative estimate of drug-likeness (QED) is 0.675. The van der Waals surface area contributed by atoms with Gasteiger partial charge in [0.2, 0.25) is 0 Å². The number of nitrogens with zero attached hydrogens (tertiary/aromatic N) is 1. The number of fused-ring (bicyclic) bond motifs is 2. The van der Waals surface area contributed by atoms with Gasteiger partial charge in [0.15, 0.2) is 17.6 Å². The Morgan fingerprint density at radius 2 is 1.96 bits per heavy atom. The fourth-order valence-corrected chi connectivity index (χ4v) is 4.39. The van der Waals surface area contributed by atoms with Crippen LogP contribution < -0.4 is 14.8 Å². The van der Waals surface area contributed by atoms with E-state index in [2.05, 4.69) is 35.0 Å². The monoisotopic (exact) mass is 396 g/mol. The first-order chi connectivity index (χ1) is 13.7. The second-order valence-electron chi connectivity index (χ2n) is 6.78. The largest absolute Gasteiger partial charge is 0.486 e. The minimum atomic E-state index is -0.165. The molecule has 0 saturated heterocycles. The summed E-state index contributed by atoms with van der Waals surface area (Å²) in [6.07, 6.45) is 0.658. The first-order valence-electron chi connectivity index (χ1n) is 9.61. The van der Waals surface area contributed by atoms with E-state index in [4.69, 9.17) is 9.47 Å². The van der Waals surface area contributed by atoms with Gasteiger partial charge in [-0.3, -0.25) is 0 Å². The molecule has 1 unspecified atom stereocenters. The molecule has 0 spiro atoms. The highest BCUT2D eigenvalue weighted by Crippen LogP contribution is 2.31. The lowest BCUT2D eigenvalue weighted by Gasteiger charge is -2.31. The third kappa shape index (κ3) is 4.07. The number of hydrogen-bond donors (Lipinski definition) is 1. The van der Waals surface area contributed by atoms with Gasteiger partial charge in [-0.25, -0.2) is 4.79 Å². The van der Waals surface area contributed by atoms with Crippen molar-refractivity contribution in [3.8, 4) is 11.5 Å². The van der Waals surface area contributed by atoms with Crippen LogP contribution >= 0.6 is 11.3 Å². The summed E-state index contributed by atoms with van der Waals surface area (Å²) in [6, 6.07) is 15.9. The maximum absolute atomic E-state index is 12.6. The predicted octanol–water partition coefficient (Wildman–Crippen LogP) is 4.32. The summed E-state index contributed by atoms with van der Waals surface area (Å²) in [5, 5.41) is 6.50. The molecule has 2 amide bonds. The Hall–Kier alpha value is -2.73. The first-order valence-corrected chi connectivity index (χ1v) is 10.5. The molecular weight excluding hydrogens is 372 g/mol. The number of urea groups is 1. The van der Waals surface area contributed by atoms with E-state index in [9.17, 15) is 4.79 Å². The van der Waals surface area contributed by atoms with Crippen LogP contribution in [0.15, 0.2) is 53.9 Å². The van der Waals surface area contributed by atoms with E-state index in [-0.39, 0.29) is 12.1 Å². The summed E-state index contributed by atoms with van der Waals surface area (Å²) < 4.78 is 13.0. The number of likely N-dealkylation sites (N-methyl/N-ethyl adjacent to an activating group) is 1. The summed E-state index contributed by atoms with van der Waals surface area (Å²) >= 11 is 1.75. The first kappa shape index (κ1) is 18.6. The average Bonchev–Trinajstić information content (AvgIpc) is 3.15. The van der Waals surface area contributed by atoms with Crippen molar-refractivity contribution < 1.29 is 14.3 Å². The number of hydrogen-bond acceptors (Lipinski definition) is 4. The van der Waals surface area contributed by atoms with Crippen molar-refractivity contribution in [2.45, 2.75) is 19.4 Å². The second-order valence-corrected chi connectivity index (χ2v) is 7.69. The van der Waals surface area contributed by atoms with E-state index in [0.717, 1.165) is 17.9 Å². The Kier molecular flexibility index (Phi) is 5.67. The lowest BCUT2D eigenvalue weighted by molar-refractivity contribution is 0.0676. The zero-order chi connectivity index (χ0) is 19.3. The number of amides is 2. The topological polar surface area (TPSA) is 50.8 Å². The van der Waals surface area contributed by atoms with Gasteiger partial charge >= 0.3 is 6.03 Å². The van der Waals surface area contributed by atoms with Crippen molar-refractivity contribution >= 4 is 27.5 Å². The van der Waals surface area contributed by atoms with Gasteiger partial charge in [-0.15, -0.1) is 11.3 Å². The second kappa shape index (κ2) is 8.52. The molecule has 4 rings (SSSR count). The van der Waals surface area contributed by atoms with E-state index in [0.29, 0.717) is 26.2 Å². The van der Waals surface area contributed by atoms with Gasteiger partial charge < -0.3 is 19.7 Å². The van der Waals surface area contributed by atoms with Crippen molar-refractivity contribution in [3.63, 3.8) is 0 Å². The molecule has 0 saturated carbocycles. The fraction of sp³-hybridized carbons (Fsp3) is 0.318. The maximum Gasteiger partial charge on any atom is 0.317 e. The molecule has 0 radical (unpaired) electrons. The molecule has 2 aromatic carbocycles. The van der Waals surface area contributed by atoms with Crippen molar-refractivity contribution in [3.05, 3.63) is 59.5 Å². The number of ether oxygens (including phenoxy) is 2. The molecule has 5 nitrogen and oxygen atoms in total. The standard InChI is InChI=1S/C22H24N2O3S/c1-2-24(13-17-14-26-19-8-4-5-9-20(19)27-17)22(25)23-12-11-16-15-28-21-10-6-3-7-18(16)21/h3-10,15,17H,2,11-14H2,1H3,(H,23,25). The normalized spacial score (nSPS) is 15.4. The molecule has 1 aliphatic rings.